The number of fused-ring (bicyclic) bond motifs is 15. The lowest BCUT2D eigenvalue weighted by Gasteiger charge is -2.19. The Balaban J connectivity index is 1.06. The Morgan fingerprint density at radius 1 is 0.500 bits per heavy atom. The Bertz CT molecular complexity index is 3900. The van der Waals surface area contributed by atoms with Gasteiger partial charge in [0.1, 0.15) is 12.5 Å². The molecule has 0 saturated heterocycles. The summed E-state index contributed by atoms with van der Waals surface area (Å²) in [6, 6.07) is 45.1. The fraction of sp³-hybridized carbons (Fsp3) is 0.111. The number of rotatable bonds is 3. The molecule has 6 heterocycles. The van der Waals surface area contributed by atoms with Gasteiger partial charge < -0.3 is 14.5 Å². The molecule has 1 aliphatic heterocycles. The molecule has 0 radical (unpaired) electrons. The zero-order valence-electron chi connectivity index (χ0n) is 34.1. The highest BCUT2D eigenvalue weighted by Gasteiger charge is 2.31. The molecule has 3 aliphatic rings. The molecular weight excluding hydrogens is 761 g/mol. The van der Waals surface area contributed by atoms with E-state index in [9.17, 15) is 0 Å². The molecule has 6 aromatic carbocycles. The molecule has 2 unspecified atom stereocenters. The van der Waals surface area contributed by atoms with Gasteiger partial charge in [0.25, 0.3) is 0 Å². The lowest BCUT2D eigenvalue weighted by molar-refractivity contribution is 0.648. The number of aromatic nitrogens is 6. The molecule has 2 atom stereocenters. The van der Waals surface area contributed by atoms with Crippen molar-refractivity contribution in [2.45, 2.75) is 24.9 Å². The first-order chi connectivity index (χ1) is 30.7. The predicted molar refractivity (Wildman–Crippen MR) is 257 cm³/mol. The summed E-state index contributed by atoms with van der Waals surface area (Å²) in [6.45, 7) is 0.431. The summed E-state index contributed by atoms with van der Waals surface area (Å²) in [5, 5.41) is 13.5. The van der Waals surface area contributed by atoms with Crippen molar-refractivity contribution >= 4 is 98.9 Å². The van der Waals surface area contributed by atoms with Crippen molar-refractivity contribution in [2.24, 2.45) is 12.0 Å². The number of nitrogens with zero attached hydrogens (tertiary/aromatic N) is 7. The van der Waals surface area contributed by atoms with Gasteiger partial charge >= 0.3 is 0 Å². The summed E-state index contributed by atoms with van der Waals surface area (Å²) in [6.07, 6.45) is 19.8. The van der Waals surface area contributed by atoms with Gasteiger partial charge in [-0.1, -0.05) is 134 Å². The molecule has 0 spiro atoms. The van der Waals surface area contributed by atoms with Gasteiger partial charge in [0.05, 0.1) is 45.2 Å². The van der Waals surface area contributed by atoms with Crippen LogP contribution >= 0.6 is 0 Å². The number of imidazole rings is 1. The van der Waals surface area contributed by atoms with Crippen molar-refractivity contribution in [2.75, 3.05) is 12.0 Å². The van der Waals surface area contributed by atoms with Crippen LogP contribution in [0.25, 0.3) is 93.2 Å². The van der Waals surface area contributed by atoms with Crippen LogP contribution in [0.4, 0.5) is 5.82 Å². The second-order valence-corrected chi connectivity index (χ2v) is 16.9. The first-order valence-corrected chi connectivity index (χ1v) is 21.7. The molecule has 1 N–H and O–H groups in total. The summed E-state index contributed by atoms with van der Waals surface area (Å²) in [4.78, 5) is 11.1. The summed E-state index contributed by atoms with van der Waals surface area (Å²) >= 11 is 0. The molecule has 11 aromatic rings. The number of benzene rings is 6. The van der Waals surface area contributed by atoms with E-state index in [0.29, 0.717) is 6.67 Å². The average molecular weight is 801 g/mol. The third kappa shape index (κ3) is 4.40. The largest absolute Gasteiger partial charge is 0.350 e. The molecule has 5 aromatic heterocycles. The zero-order chi connectivity index (χ0) is 40.6. The van der Waals surface area contributed by atoms with Crippen LogP contribution in [0.2, 0.25) is 0 Å². The quantitative estimate of drug-likeness (QED) is 0.193. The highest BCUT2D eigenvalue weighted by atomic mass is 15.3. The Labute approximate surface area is 355 Å². The first kappa shape index (κ1) is 33.9. The van der Waals surface area contributed by atoms with Gasteiger partial charge in [0.15, 0.2) is 11.5 Å². The molecular formula is C54H40N8. The number of hydrogen-bond acceptors (Lipinski definition) is 3. The van der Waals surface area contributed by atoms with Crippen molar-refractivity contribution in [3.05, 3.63) is 176 Å². The van der Waals surface area contributed by atoms with Crippen LogP contribution in [0.15, 0.2) is 175 Å². The van der Waals surface area contributed by atoms with Gasteiger partial charge in [-0.3, -0.25) is 13.7 Å². The van der Waals surface area contributed by atoms with Gasteiger partial charge in [0.2, 0.25) is 5.95 Å². The predicted octanol–water partition coefficient (Wildman–Crippen LogP) is 12.6. The molecule has 14 rings (SSSR count). The highest BCUT2D eigenvalue weighted by molar-refractivity contribution is 6.30. The van der Waals surface area contributed by atoms with Crippen molar-refractivity contribution in [1.29, 1.82) is 0 Å². The van der Waals surface area contributed by atoms with Gasteiger partial charge in [-0.05, 0) is 49.2 Å². The van der Waals surface area contributed by atoms with Gasteiger partial charge in [-0.15, -0.1) is 0 Å². The number of anilines is 1. The number of aliphatic imine (C=N–C) groups is 1. The standard InChI is InChI=1S/C54H40N8/c1-58-52-49(57-54(58)62-42-25-13-9-21-36(42)38-29-31-46-48(51(38)62)40-23-11-15-27-44(40)60(46)34-18-6-3-7-19-34)53(56-32-55-52)61-41-24-12-8-20-35(41)37-28-30-45-47(50(37)61)39-22-10-14-26-43(39)59(45)33-16-4-2-5-17-33/h2-16,18,20-31,33-34,55H,17,19,32H2,1H3. The van der Waals surface area contributed by atoms with Gasteiger partial charge in [-0.2, -0.15) is 0 Å². The van der Waals surface area contributed by atoms with Crippen molar-refractivity contribution in [1.82, 2.24) is 27.8 Å². The third-order valence-corrected chi connectivity index (χ3v) is 13.8. The van der Waals surface area contributed by atoms with E-state index in [1.807, 2.05) is 0 Å². The second-order valence-electron chi connectivity index (χ2n) is 16.9. The highest BCUT2D eigenvalue weighted by Crippen LogP contribution is 2.45. The maximum atomic E-state index is 5.71. The van der Waals surface area contributed by atoms with Gasteiger partial charge in [-0.25, -0.2) is 9.98 Å². The van der Waals surface area contributed by atoms with Crippen LogP contribution in [0, 0.1) is 0 Å². The van der Waals surface area contributed by atoms with Crippen molar-refractivity contribution in [3.63, 3.8) is 0 Å². The summed E-state index contributed by atoms with van der Waals surface area (Å²) < 4.78 is 12.1. The lowest BCUT2D eigenvalue weighted by atomic mass is 10.1. The molecule has 0 bridgehead atoms. The van der Waals surface area contributed by atoms with Crippen LogP contribution in [0.1, 0.15) is 30.6 Å². The maximum Gasteiger partial charge on any atom is 0.216 e. The van der Waals surface area contributed by atoms with Crippen molar-refractivity contribution < 1.29 is 0 Å². The molecule has 0 fully saturated rings. The van der Waals surface area contributed by atoms with E-state index in [-0.39, 0.29) is 12.1 Å². The van der Waals surface area contributed by atoms with Gasteiger partial charge in [0, 0.05) is 61.2 Å². The number of para-hydroxylation sites is 4. The van der Waals surface area contributed by atoms with E-state index in [0.717, 1.165) is 58.2 Å². The molecule has 0 amide bonds. The average Bonchev–Trinajstić information content (AvgIpc) is 4.12. The SMILES string of the molecule is Cn1c(-n2c3ccccc3c3ccc4c(c5ccccc5n4C4C=CC=CC4)c32)nc2c1NCN=C2n1c2ccccc2c2ccc3c(c4ccccc4n3C3C=CC=CC3)c21. The van der Waals surface area contributed by atoms with Crippen LogP contribution in [-0.4, -0.2) is 40.3 Å². The summed E-state index contributed by atoms with van der Waals surface area (Å²) in [5.41, 5.74) is 10.3. The van der Waals surface area contributed by atoms with E-state index in [1.54, 1.807) is 0 Å². The molecule has 2 aliphatic carbocycles. The maximum absolute atomic E-state index is 5.71. The summed E-state index contributed by atoms with van der Waals surface area (Å²) in [7, 11) is 2.14. The zero-order valence-corrected chi connectivity index (χ0v) is 34.1. The smallest absolute Gasteiger partial charge is 0.216 e. The molecule has 296 valence electrons. The lowest BCUT2D eigenvalue weighted by Crippen LogP contribution is -2.23. The number of allylic oxidation sites excluding steroid dienone is 8. The van der Waals surface area contributed by atoms with Crippen LogP contribution < -0.4 is 5.32 Å². The van der Waals surface area contributed by atoms with Crippen molar-refractivity contribution in [3.8, 4) is 5.95 Å². The van der Waals surface area contributed by atoms with Crippen LogP contribution in [0.3, 0.4) is 0 Å². The fourth-order valence-corrected chi connectivity index (χ4v) is 11.2. The minimum Gasteiger partial charge on any atom is -0.350 e. The fourth-order valence-electron chi connectivity index (χ4n) is 11.2. The van der Waals surface area contributed by atoms with E-state index in [1.165, 1.54) is 65.2 Å². The van der Waals surface area contributed by atoms with Crippen LogP contribution in [0.5, 0.6) is 0 Å². The normalized spacial score (nSPS) is 17.5. The molecule has 8 heteroatoms. The Hall–Kier alpha value is -7.84. The van der Waals surface area contributed by atoms with E-state index >= 15 is 0 Å². The number of nitrogens with one attached hydrogen (secondary N) is 1. The Morgan fingerprint density at radius 3 is 1.55 bits per heavy atom. The second kappa shape index (κ2) is 12.6. The Morgan fingerprint density at radius 2 is 1.00 bits per heavy atom. The molecule has 8 nitrogen and oxygen atoms in total. The van der Waals surface area contributed by atoms with E-state index in [2.05, 4.69) is 205 Å². The first-order valence-electron chi connectivity index (χ1n) is 21.7. The summed E-state index contributed by atoms with van der Waals surface area (Å²) in [5.74, 6) is 2.63. The monoisotopic (exact) mass is 800 g/mol. The molecule has 0 saturated carbocycles. The van der Waals surface area contributed by atoms with Crippen LogP contribution in [-0.2, 0) is 7.05 Å². The van der Waals surface area contributed by atoms with E-state index < -0.39 is 0 Å². The van der Waals surface area contributed by atoms with E-state index in [4.69, 9.17) is 9.98 Å². The minimum absolute atomic E-state index is 0.224. The molecule has 62 heavy (non-hydrogen) atoms. The number of hydrogen-bond donors (Lipinski definition) is 1. The topological polar surface area (TPSA) is 61.9 Å². The minimum atomic E-state index is 0.224. The Kier molecular flexibility index (Phi) is 6.89. The third-order valence-electron chi connectivity index (χ3n) is 13.8.